The van der Waals surface area contributed by atoms with Gasteiger partial charge in [0.05, 0.1) is 5.69 Å². The van der Waals surface area contributed by atoms with Crippen LogP contribution in [0.1, 0.15) is 33.7 Å². The number of anilines is 1. The summed E-state index contributed by atoms with van der Waals surface area (Å²) in [4.78, 5) is 42.6. The number of nitrogens with one attached hydrogen (secondary N) is 1. The van der Waals surface area contributed by atoms with Crippen LogP contribution in [0.2, 0.25) is 0 Å². The van der Waals surface area contributed by atoms with Crippen molar-refractivity contribution >= 4 is 23.3 Å². The van der Waals surface area contributed by atoms with Crippen molar-refractivity contribution in [1.29, 1.82) is 0 Å². The summed E-state index contributed by atoms with van der Waals surface area (Å²) < 4.78 is 29.3. The fourth-order valence-corrected chi connectivity index (χ4v) is 3.19. The van der Waals surface area contributed by atoms with Crippen LogP contribution in [0.15, 0.2) is 53.1 Å². The Labute approximate surface area is 188 Å². The molecule has 0 radical (unpaired) electrons. The van der Waals surface area contributed by atoms with Gasteiger partial charge < -0.3 is 19.2 Å². The second kappa shape index (κ2) is 9.51. The summed E-state index contributed by atoms with van der Waals surface area (Å²) in [5.74, 6) is -0.542. The number of carbonyl (C=O) groups excluding carboxylic acids is 3. The molecule has 2 heterocycles. The molecule has 0 atom stereocenters. The molecule has 0 bridgehead atoms. The molecule has 33 heavy (non-hydrogen) atoms. The molecular weight excluding hydrogens is 433 g/mol. The molecular formula is C23H20FN3O6. The van der Waals surface area contributed by atoms with E-state index in [1.807, 2.05) is 0 Å². The number of carbonyl (C=O) groups is 3. The molecule has 1 aromatic heterocycles. The predicted octanol–water partition coefficient (Wildman–Crippen LogP) is 2.75. The standard InChI is InChI=1S/C23H20FN3O6/c1-2-25-23(30)17-11-33-21(26-17)10-27-18-9-14(3-8-20(18)32-13-22(27)29)19(28)12-31-16-6-4-15(24)5-7-16/h3-9,11H,2,10,12-13H2,1H3,(H,25,30). The second-order valence-corrected chi connectivity index (χ2v) is 7.10. The number of amides is 2. The van der Waals surface area contributed by atoms with Crippen LogP contribution in [0.4, 0.5) is 10.1 Å². The van der Waals surface area contributed by atoms with Gasteiger partial charge >= 0.3 is 0 Å². The number of hydrogen-bond donors (Lipinski definition) is 1. The highest BCUT2D eigenvalue weighted by molar-refractivity contribution is 6.02. The highest BCUT2D eigenvalue weighted by atomic mass is 19.1. The lowest BCUT2D eigenvalue weighted by molar-refractivity contribution is -0.121. The number of fused-ring (bicyclic) bond motifs is 1. The van der Waals surface area contributed by atoms with E-state index in [0.29, 0.717) is 29.3 Å². The smallest absolute Gasteiger partial charge is 0.273 e. The molecule has 1 aliphatic rings. The van der Waals surface area contributed by atoms with Gasteiger partial charge in [0, 0.05) is 12.1 Å². The number of oxazole rings is 1. The van der Waals surface area contributed by atoms with Crippen LogP contribution in [0.5, 0.6) is 11.5 Å². The van der Waals surface area contributed by atoms with Crippen LogP contribution in [-0.4, -0.2) is 42.3 Å². The molecule has 2 amide bonds. The molecule has 3 aromatic rings. The number of ether oxygens (including phenoxy) is 2. The van der Waals surface area contributed by atoms with Gasteiger partial charge in [-0.3, -0.25) is 19.3 Å². The van der Waals surface area contributed by atoms with Gasteiger partial charge in [0.25, 0.3) is 11.8 Å². The number of halogens is 1. The van der Waals surface area contributed by atoms with Crippen LogP contribution >= 0.6 is 0 Å². The first kappa shape index (κ1) is 22.0. The number of rotatable bonds is 8. The van der Waals surface area contributed by atoms with Gasteiger partial charge in [-0.05, 0) is 49.4 Å². The third-order valence-corrected chi connectivity index (χ3v) is 4.82. The molecule has 0 saturated heterocycles. The summed E-state index contributed by atoms with van der Waals surface area (Å²) in [7, 11) is 0. The second-order valence-electron chi connectivity index (χ2n) is 7.10. The zero-order chi connectivity index (χ0) is 23.4. The monoisotopic (exact) mass is 453 g/mol. The molecule has 9 nitrogen and oxygen atoms in total. The average Bonchev–Trinajstić information content (AvgIpc) is 3.29. The molecule has 1 N–H and O–H groups in total. The van der Waals surface area contributed by atoms with E-state index >= 15 is 0 Å². The lowest BCUT2D eigenvalue weighted by Crippen LogP contribution is -2.38. The lowest BCUT2D eigenvalue weighted by atomic mass is 10.1. The Morgan fingerprint density at radius 1 is 1.21 bits per heavy atom. The largest absolute Gasteiger partial charge is 0.485 e. The van der Waals surface area contributed by atoms with Crippen molar-refractivity contribution in [2.24, 2.45) is 0 Å². The Bertz CT molecular complexity index is 1190. The third-order valence-electron chi connectivity index (χ3n) is 4.82. The van der Waals surface area contributed by atoms with Crippen LogP contribution in [0.25, 0.3) is 0 Å². The maximum Gasteiger partial charge on any atom is 0.273 e. The number of hydrogen-bond acceptors (Lipinski definition) is 7. The van der Waals surface area contributed by atoms with Gasteiger partial charge in [-0.15, -0.1) is 0 Å². The minimum atomic E-state index is -0.405. The Balaban J connectivity index is 1.51. The van der Waals surface area contributed by atoms with E-state index in [-0.39, 0.29) is 48.9 Å². The van der Waals surface area contributed by atoms with E-state index in [0.717, 1.165) is 0 Å². The molecule has 0 spiro atoms. The molecule has 2 aromatic carbocycles. The van der Waals surface area contributed by atoms with Gasteiger partial charge in [0.15, 0.2) is 24.7 Å². The Hall–Kier alpha value is -4.21. The van der Waals surface area contributed by atoms with Crippen molar-refractivity contribution in [2.45, 2.75) is 13.5 Å². The van der Waals surface area contributed by atoms with Gasteiger partial charge in [0.1, 0.15) is 30.1 Å². The molecule has 0 unspecified atom stereocenters. The Morgan fingerprint density at radius 3 is 2.76 bits per heavy atom. The van der Waals surface area contributed by atoms with E-state index in [9.17, 15) is 18.8 Å². The zero-order valence-electron chi connectivity index (χ0n) is 17.7. The summed E-state index contributed by atoms with van der Waals surface area (Å²) in [6, 6.07) is 10.0. The maximum absolute atomic E-state index is 13.0. The first-order valence-corrected chi connectivity index (χ1v) is 10.2. The fourth-order valence-electron chi connectivity index (χ4n) is 3.19. The van der Waals surface area contributed by atoms with Crippen molar-refractivity contribution in [2.75, 3.05) is 24.7 Å². The van der Waals surface area contributed by atoms with Crippen molar-refractivity contribution in [3.05, 3.63) is 71.7 Å². The summed E-state index contributed by atoms with van der Waals surface area (Å²) in [6.45, 7) is 1.73. The molecule has 10 heteroatoms. The van der Waals surface area contributed by atoms with Crippen LogP contribution in [0.3, 0.4) is 0 Å². The predicted molar refractivity (Wildman–Crippen MR) is 114 cm³/mol. The van der Waals surface area contributed by atoms with Gasteiger partial charge in [-0.25, -0.2) is 9.37 Å². The molecule has 170 valence electrons. The van der Waals surface area contributed by atoms with Crippen LogP contribution < -0.4 is 19.7 Å². The van der Waals surface area contributed by atoms with E-state index < -0.39 is 5.82 Å². The van der Waals surface area contributed by atoms with Crippen LogP contribution in [-0.2, 0) is 11.3 Å². The van der Waals surface area contributed by atoms with E-state index in [2.05, 4.69) is 10.3 Å². The molecule has 4 rings (SSSR count). The normalized spacial score (nSPS) is 12.7. The SMILES string of the molecule is CCNC(=O)c1coc(CN2C(=O)COc3ccc(C(=O)COc4ccc(F)cc4)cc32)n1. The third kappa shape index (κ3) is 5.00. The fraction of sp³-hybridized carbons (Fsp3) is 0.217. The highest BCUT2D eigenvalue weighted by Gasteiger charge is 2.28. The first-order valence-electron chi connectivity index (χ1n) is 10.2. The maximum atomic E-state index is 13.0. The van der Waals surface area contributed by atoms with Crippen LogP contribution in [0, 0.1) is 5.82 Å². The molecule has 1 aliphatic heterocycles. The van der Waals surface area contributed by atoms with Gasteiger partial charge in [0.2, 0.25) is 5.89 Å². The van der Waals surface area contributed by atoms with E-state index in [4.69, 9.17) is 13.9 Å². The summed E-state index contributed by atoms with van der Waals surface area (Å²) >= 11 is 0. The molecule has 0 saturated carbocycles. The van der Waals surface area contributed by atoms with Gasteiger partial charge in [-0.1, -0.05) is 0 Å². The topological polar surface area (TPSA) is 111 Å². The minimum absolute atomic E-state index is 0.0433. The van der Waals surface area contributed by atoms with Crippen molar-refractivity contribution < 1.29 is 32.7 Å². The minimum Gasteiger partial charge on any atom is -0.485 e. The first-order chi connectivity index (χ1) is 15.9. The van der Waals surface area contributed by atoms with Gasteiger partial charge in [-0.2, -0.15) is 0 Å². The van der Waals surface area contributed by atoms with Crippen molar-refractivity contribution in [3.63, 3.8) is 0 Å². The quantitative estimate of drug-likeness (QED) is 0.522. The van der Waals surface area contributed by atoms with Crippen molar-refractivity contribution in [1.82, 2.24) is 10.3 Å². The number of ketones is 1. The number of nitrogens with zero attached hydrogens (tertiary/aromatic N) is 2. The highest BCUT2D eigenvalue weighted by Crippen LogP contribution is 2.34. The average molecular weight is 453 g/mol. The summed E-state index contributed by atoms with van der Waals surface area (Å²) in [5, 5.41) is 2.62. The number of Topliss-reactive ketones (excluding diaryl/α,β-unsaturated/α-hetero) is 1. The molecule has 0 aliphatic carbocycles. The number of aromatic nitrogens is 1. The lowest BCUT2D eigenvalue weighted by Gasteiger charge is -2.28. The zero-order valence-corrected chi connectivity index (χ0v) is 17.7. The van der Waals surface area contributed by atoms with Crippen molar-refractivity contribution in [3.8, 4) is 11.5 Å². The van der Waals surface area contributed by atoms with E-state index in [1.165, 1.54) is 41.5 Å². The molecule has 0 fully saturated rings. The summed E-state index contributed by atoms with van der Waals surface area (Å²) in [5.41, 5.74) is 0.779. The Kier molecular flexibility index (Phi) is 6.34. The summed E-state index contributed by atoms with van der Waals surface area (Å²) in [6.07, 6.45) is 1.22. The number of benzene rings is 2. The Morgan fingerprint density at radius 2 is 2.00 bits per heavy atom. The van der Waals surface area contributed by atoms with E-state index in [1.54, 1.807) is 19.1 Å².